The van der Waals surface area contributed by atoms with Crippen LogP contribution in [-0.4, -0.2) is 39.3 Å². The molecular weight excluding hydrogens is 338 g/mol. The summed E-state index contributed by atoms with van der Waals surface area (Å²) in [5, 5.41) is 13.9. The zero-order chi connectivity index (χ0) is 18.7. The maximum absolute atomic E-state index is 9.74. The van der Waals surface area contributed by atoms with Crippen LogP contribution in [0.25, 0.3) is 0 Å². The van der Waals surface area contributed by atoms with Gasteiger partial charge in [-0.3, -0.25) is 0 Å². The van der Waals surface area contributed by atoms with Crippen LogP contribution in [0.2, 0.25) is 0 Å². The Labute approximate surface area is 151 Å². The zero-order valence-electron chi connectivity index (χ0n) is 15.1. The van der Waals surface area contributed by atoms with Crippen molar-refractivity contribution in [3.63, 3.8) is 0 Å². The molecule has 0 saturated carbocycles. The van der Waals surface area contributed by atoms with Crippen molar-refractivity contribution >= 4 is 5.71 Å². The first kappa shape index (κ1) is 17.7. The summed E-state index contributed by atoms with van der Waals surface area (Å²) >= 11 is 0. The molecule has 0 aliphatic carbocycles. The molecule has 1 N–H and O–H groups in total. The summed E-state index contributed by atoms with van der Waals surface area (Å²) in [6.07, 6.45) is 0.297. The average molecular weight is 359 g/mol. The first-order chi connectivity index (χ1) is 12.6. The molecule has 26 heavy (non-hydrogen) atoms. The van der Waals surface area contributed by atoms with Crippen molar-refractivity contribution < 1.29 is 28.9 Å². The molecule has 138 valence electrons. The summed E-state index contributed by atoms with van der Waals surface area (Å²) < 4.78 is 21.3. The number of hydrogen-bond donors (Lipinski definition) is 1. The minimum Gasteiger partial charge on any atom is -0.504 e. The highest BCUT2D eigenvalue weighted by atomic mass is 16.6. The van der Waals surface area contributed by atoms with E-state index in [-0.39, 0.29) is 11.9 Å². The first-order valence-corrected chi connectivity index (χ1v) is 8.01. The maximum Gasteiger partial charge on any atom is 0.203 e. The highest BCUT2D eigenvalue weighted by Gasteiger charge is 2.26. The predicted octanol–water partition coefficient (Wildman–Crippen LogP) is 3.29. The van der Waals surface area contributed by atoms with E-state index in [0.717, 1.165) is 16.8 Å². The van der Waals surface area contributed by atoms with Crippen LogP contribution in [-0.2, 0) is 4.84 Å². The number of phenols is 1. The van der Waals surface area contributed by atoms with Gasteiger partial charge in [-0.15, -0.1) is 0 Å². The van der Waals surface area contributed by atoms with Gasteiger partial charge in [-0.25, -0.2) is 0 Å². The number of hydrogen-bond acceptors (Lipinski definition) is 7. The molecule has 0 aromatic heterocycles. The Morgan fingerprint density at radius 2 is 1.58 bits per heavy atom. The fourth-order valence-corrected chi connectivity index (χ4v) is 2.87. The van der Waals surface area contributed by atoms with Crippen LogP contribution in [0.4, 0.5) is 0 Å². The average Bonchev–Trinajstić information content (AvgIpc) is 3.17. The van der Waals surface area contributed by atoms with Gasteiger partial charge in [0.05, 0.1) is 34.2 Å². The van der Waals surface area contributed by atoms with Gasteiger partial charge in [0.25, 0.3) is 0 Å². The standard InChI is InChI=1S/C19H21NO6/c1-22-16-7-11(5-6-14(16)21)15-10-13(20-26-15)12-8-17(23-2)19(25-4)18(9-12)24-3/h5-9,15,21H,10H2,1-4H3. The van der Waals surface area contributed by atoms with E-state index in [0.29, 0.717) is 29.4 Å². The van der Waals surface area contributed by atoms with Gasteiger partial charge in [0.15, 0.2) is 29.1 Å². The van der Waals surface area contributed by atoms with Crippen molar-refractivity contribution in [3.05, 3.63) is 41.5 Å². The molecule has 0 bridgehead atoms. The topological polar surface area (TPSA) is 78.7 Å². The van der Waals surface area contributed by atoms with Crippen LogP contribution in [0.15, 0.2) is 35.5 Å². The van der Waals surface area contributed by atoms with Crippen molar-refractivity contribution in [3.8, 4) is 28.7 Å². The lowest BCUT2D eigenvalue weighted by Crippen LogP contribution is -2.04. The number of oxime groups is 1. The molecule has 1 aliphatic heterocycles. The zero-order valence-corrected chi connectivity index (χ0v) is 15.1. The molecule has 3 rings (SSSR count). The Morgan fingerprint density at radius 3 is 2.15 bits per heavy atom. The van der Waals surface area contributed by atoms with Crippen molar-refractivity contribution in [2.24, 2.45) is 5.16 Å². The van der Waals surface area contributed by atoms with E-state index in [4.69, 9.17) is 23.8 Å². The molecule has 0 radical (unpaired) electrons. The third kappa shape index (κ3) is 3.20. The quantitative estimate of drug-likeness (QED) is 0.853. The number of aromatic hydroxyl groups is 1. The number of methoxy groups -OCH3 is 4. The fourth-order valence-electron chi connectivity index (χ4n) is 2.87. The molecule has 1 aliphatic rings. The molecule has 0 spiro atoms. The number of ether oxygens (including phenoxy) is 4. The summed E-state index contributed by atoms with van der Waals surface area (Å²) in [4.78, 5) is 5.59. The SMILES string of the molecule is COc1cc(C2CC(c3cc(OC)c(OC)c(OC)c3)=NO2)ccc1O. The normalized spacial score (nSPS) is 15.8. The number of phenolic OH excluding ortho intramolecular Hbond substituents is 1. The van der Waals surface area contributed by atoms with E-state index in [1.54, 1.807) is 39.5 Å². The first-order valence-electron chi connectivity index (χ1n) is 8.01. The van der Waals surface area contributed by atoms with E-state index in [9.17, 15) is 5.11 Å². The fraction of sp³-hybridized carbons (Fsp3) is 0.316. The summed E-state index contributed by atoms with van der Waals surface area (Å²) in [6.45, 7) is 0. The molecule has 0 fully saturated rings. The third-order valence-corrected chi connectivity index (χ3v) is 4.24. The molecule has 7 heteroatoms. The number of rotatable bonds is 6. The van der Waals surface area contributed by atoms with Crippen LogP contribution < -0.4 is 18.9 Å². The minimum absolute atomic E-state index is 0.0833. The second-order valence-electron chi connectivity index (χ2n) is 5.68. The predicted molar refractivity (Wildman–Crippen MR) is 95.7 cm³/mol. The molecule has 0 amide bonds. The second-order valence-corrected chi connectivity index (χ2v) is 5.68. The monoisotopic (exact) mass is 359 g/mol. The Kier molecular flexibility index (Phi) is 5.06. The highest BCUT2D eigenvalue weighted by molar-refractivity contribution is 6.02. The maximum atomic E-state index is 9.74. The van der Waals surface area contributed by atoms with Gasteiger partial charge in [-0.1, -0.05) is 11.2 Å². The Morgan fingerprint density at radius 1 is 0.923 bits per heavy atom. The van der Waals surface area contributed by atoms with E-state index in [1.165, 1.54) is 7.11 Å². The molecule has 0 saturated heterocycles. The van der Waals surface area contributed by atoms with Gasteiger partial charge in [-0.05, 0) is 29.8 Å². The molecule has 2 aromatic rings. The van der Waals surface area contributed by atoms with E-state index in [1.807, 2.05) is 12.1 Å². The van der Waals surface area contributed by atoms with Gasteiger partial charge in [0, 0.05) is 12.0 Å². The van der Waals surface area contributed by atoms with Crippen molar-refractivity contribution in [1.82, 2.24) is 0 Å². The molecule has 1 heterocycles. The lowest BCUT2D eigenvalue weighted by molar-refractivity contribution is 0.0855. The van der Waals surface area contributed by atoms with E-state index >= 15 is 0 Å². The van der Waals surface area contributed by atoms with Gasteiger partial charge >= 0.3 is 0 Å². The van der Waals surface area contributed by atoms with Crippen molar-refractivity contribution in [2.75, 3.05) is 28.4 Å². The van der Waals surface area contributed by atoms with Gasteiger partial charge in [0.1, 0.15) is 0 Å². The summed E-state index contributed by atoms with van der Waals surface area (Å²) in [6, 6.07) is 8.78. The van der Waals surface area contributed by atoms with Gasteiger partial charge in [0.2, 0.25) is 5.75 Å². The van der Waals surface area contributed by atoms with Crippen LogP contribution in [0.1, 0.15) is 23.7 Å². The van der Waals surface area contributed by atoms with Crippen LogP contribution >= 0.6 is 0 Å². The molecule has 7 nitrogen and oxygen atoms in total. The van der Waals surface area contributed by atoms with Crippen molar-refractivity contribution in [1.29, 1.82) is 0 Å². The summed E-state index contributed by atoms with van der Waals surface area (Å²) in [5.41, 5.74) is 2.46. The smallest absolute Gasteiger partial charge is 0.203 e. The Hall–Kier alpha value is -3.09. The largest absolute Gasteiger partial charge is 0.504 e. The molecular formula is C19H21NO6. The Balaban J connectivity index is 1.87. The second kappa shape index (κ2) is 7.43. The lowest BCUT2D eigenvalue weighted by atomic mass is 9.99. The molecule has 1 unspecified atom stereocenters. The van der Waals surface area contributed by atoms with Gasteiger partial charge in [-0.2, -0.15) is 0 Å². The highest BCUT2D eigenvalue weighted by Crippen LogP contribution is 2.40. The van der Waals surface area contributed by atoms with Crippen LogP contribution in [0.5, 0.6) is 28.7 Å². The number of benzene rings is 2. The van der Waals surface area contributed by atoms with E-state index in [2.05, 4.69) is 5.16 Å². The molecule has 2 aromatic carbocycles. The van der Waals surface area contributed by atoms with Crippen molar-refractivity contribution in [2.45, 2.75) is 12.5 Å². The van der Waals surface area contributed by atoms with Crippen LogP contribution in [0, 0.1) is 0 Å². The van der Waals surface area contributed by atoms with E-state index < -0.39 is 0 Å². The summed E-state index contributed by atoms with van der Waals surface area (Å²) in [7, 11) is 6.20. The third-order valence-electron chi connectivity index (χ3n) is 4.24. The minimum atomic E-state index is -0.265. The lowest BCUT2D eigenvalue weighted by Gasteiger charge is -2.14. The van der Waals surface area contributed by atoms with Crippen LogP contribution in [0.3, 0.4) is 0 Å². The number of nitrogens with zero attached hydrogens (tertiary/aromatic N) is 1. The van der Waals surface area contributed by atoms with Gasteiger partial charge < -0.3 is 28.9 Å². The summed E-state index contributed by atoms with van der Waals surface area (Å²) in [5.74, 6) is 2.11. The molecule has 1 atom stereocenters. The Bertz CT molecular complexity index is 808.